The highest BCUT2D eigenvalue weighted by Crippen LogP contribution is 2.24. The largest absolute Gasteiger partial charge is 0.453 e. The fraction of sp³-hybridized carbons (Fsp3) is 0.200. The zero-order valence-electron chi connectivity index (χ0n) is 11.1. The molecular weight excluding hydrogens is 240 g/mol. The Morgan fingerprint density at radius 2 is 1.42 bits per heavy atom. The standard InChI is InChI=1S/C15H18N2O2/c1-15(2,18-13-8-6-11(16)7-9-13)19-14-5-3-4-12(17)10-14/h3-10H,16-17H2,1-2H3. The summed E-state index contributed by atoms with van der Waals surface area (Å²) < 4.78 is 11.6. The number of nitrogen functional groups attached to an aromatic ring is 2. The summed E-state index contributed by atoms with van der Waals surface area (Å²) in [5.41, 5.74) is 12.7. The van der Waals surface area contributed by atoms with Crippen LogP contribution in [0.4, 0.5) is 11.4 Å². The summed E-state index contributed by atoms with van der Waals surface area (Å²) in [6.07, 6.45) is 0. The summed E-state index contributed by atoms with van der Waals surface area (Å²) in [5, 5.41) is 0. The zero-order valence-corrected chi connectivity index (χ0v) is 11.1. The zero-order chi connectivity index (χ0) is 13.9. The monoisotopic (exact) mass is 258 g/mol. The molecule has 0 fully saturated rings. The van der Waals surface area contributed by atoms with Crippen molar-refractivity contribution < 1.29 is 9.47 Å². The molecule has 19 heavy (non-hydrogen) atoms. The Balaban J connectivity index is 2.07. The summed E-state index contributed by atoms with van der Waals surface area (Å²) in [5.74, 6) is 0.563. The van der Waals surface area contributed by atoms with Crippen LogP contribution in [0.2, 0.25) is 0 Å². The van der Waals surface area contributed by atoms with Gasteiger partial charge >= 0.3 is 0 Å². The van der Waals surface area contributed by atoms with E-state index in [1.807, 2.05) is 26.0 Å². The molecular formula is C15H18N2O2. The molecule has 0 saturated heterocycles. The first-order valence-corrected chi connectivity index (χ1v) is 6.04. The van der Waals surface area contributed by atoms with Gasteiger partial charge in [0.05, 0.1) is 0 Å². The van der Waals surface area contributed by atoms with E-state index in [4.69, 9.17) is 20.9 Å². The van der Waals surface area contributed by atoms with Crippen molar-refractivity contribution in [2.24, 2.45) is 0 Å². The van der Waals surface area contributed by atoms with E-state index < -0.39 is 5.79 Å². The fourth-order valence-corrected chi connectivity index (χ4v) is 1.70. The lowest BCUT2D eigenvalue weighted by atomic mass is 10.3. The number of benzene rings is 2. The third-order valence-corrected chi connectivity index (χ3v) is 2.47. The number of hydrogen-bond acceptors (Lipinski definition) is 4. The van der Waals surface area contributed by atoms with Crippen LogP contribution < -0.4 is 20.9 Å². The smallest absolute Gasteiger partial charge is 0.245 e. The molecule has 2 aromatic rings. The lowest BCUT2D eigenvalue weighted by molar-refractivity contribution is -0.0809. The summed E-state index contributed by atoms with van der Waals surface area (Å²) >= 11 is 0. The van der Waals surface area contributed by atoms with Crippen LogP contribution in [0, 0.1) is 0 Å². The van der Waals surface area contributed by atoms with Crippen molar-refractivity contribution in [1.82, 2.24) is 0 Å². The quantitative estimate of drug-likeness (QED) is 0.653. The molecule has 0 aliphatic carbocycles. The Kier molecular flexibility index (Phi) is 3.51. The average molecular weight is 258 g/mol. The average Bonchev–Trinajstić information content (AvgIpc) is 2.31. The van der Waals surface area contributed by atoms with Gasteiger partial charge in [-0.25, -0.2) is 0 Å². The first kappa shape index (κ1) is 13.1. The fourth-order valence-electron chi connectivity index (χ4n) is 1.70. The van der Waals surface area contributed by atoms with Gasteiger partial charge < -0.3 is 20.9 Å². The first-order valence-electron chi connectivity index (χ1n) is 6.04. The molecule has 0 bridgehead atoms. The Morgan fingerprint density at radius 3 is 2.05 bits per heavy atom. The molecule has 0 radical (unpaired) electrons. The topological polar surface area (TPSA) is 70.5 Å². The number of hydrogen-bond donors (Lipinski definition) is 2. The van der Waals surface area contributed by atoms with Crippen molar-refractivity contribution in [3.63, 3.8) is 0 Å². The second-order valence-corrected chi connectivity index (χ2v) is 4.75. The van der Waals surface area contributed by atoms with E-state index >= 15 is 0 Å². The van der Waals surface area contributed by atoms with Crippen LogP contribution in [0.5, 0.6) is 11.5 Å². The van der Waals surface area contributed by atoms with Crippen molar-refractivity contribution in [1.29, 1.82) is 0 Å². The van der Waals surface area contributed by atoms with E-state index in [0.717, 1.165) is 0 Å². The van der Waals surface area contributed by atoms with Crippen molar-refractivity contribution in [3.05, 3.63) is 48.5 Å². The SMILES string of the molecule is CC(C)(Oc1ccc(N)cc1)Oc1cccc(N)c1. The van der Waals surface area contributed by atoms with Crippen molar-refractivity contribution in [2.45, 2.75) is 19.6 Å². The molecule has 2 aromatic carbocycles. The van der Waals surface area contributed by atoms with Crippen LogP contribution in [-0.2, 0) is 0 Å². The molecule has 0 aromatic heterocycles. The maximum Gasteiger partial charge on any atom is 0.245 e. The molecule has 0 unspecified atom stereocenters. The molecule has 4 heteroatoms. The van der Waals surface area contributed by atoms with Gasteiger partial charge in [0.1, 0.15) is 11.5 Å². The highest BCUT2D eigenvalue weighted by molar-refractivity contribution is 5.44. The lowest BCUT2D eigenvalue weighted by Crippen LogP contribution is -2.35. The molecule has 2 rings (SSSR count). The van der Waals surface area contributed by atoms with E-state index in [9.17, 15) is 0 Å². The van der Waals surface area contributed by atoms with Crippen LogP contribution in [-0.4, -0.2) is 5.79 Å². The lowest BCUT2D eigenvalue weighted by Gasteiger charge is -2.27. The maximum atomic E-state index is 5.78. The van der Waals surface area contributed by atoms with Crippen LogP contribution in [0.1, 0.15) is 13.8 Å². The van der Waals surface area contributed by atoms with Gasteiger partial charge in [0.2, 0.25) is 5.79 Å². The summed E-state index contributed by atoms with van der Waals surface area (Å²) in [7, 11) is 0. The van der Waals surface area contributed by atoms with E-state index in [1.165, 1.54) is 0 Å². The molecule has 4 N–H and O–H groups in total. The maximum absolute atomic E-state index is 5.78. The molecule has 4 nitrogen and oxygen atoms in total. The van der Waals surface area contributed by atoms with Gasteiger partial charge in [-0.3, -0.25) is 0 Å². The molecule has 0 aliphatic heterocycles. The molecule has 0 saturated carbocycles. The van der Waals surface area contributed by atoms with Crippen molar-refractivity contribution in [3.8, 4) is 11.5 Å². The number of ether oxygens (including phenoxy) is 2. The molecule has 0 spiro atoms. The highest BCUT2D eigenvalue weighted by Gasteiger charge is 2.21. The number of rotatable bonds is 4. The Labute approximate surface area is 112 Å². The molecule has 0 atom stereocenters. The minimum Gasteiger partial charge on any atom is -0.453 e. The van der Waals surface area contributed by atoms with Gasteiger partial charge in [0.25, 0.3) is 0 Å². The van der Waals surface area contributed by atoms with E-state index in [-0.39, 0.29) is 0 Å². The van der Waals surface area contributed by atoms with Gasteiger partial charge in [-0.1, -0.05) is 6.07 Å². The molecule has 0 amide bonds. The van der Waals surface area contributed by atoms with E-state index in [1.54, 1.807) is 36.4 Å². The summed E-state index contributed by atoms with van der Waals surface area (Å²) in [6, 6.07) is 14.4. The van der Waals surface area contributed by atoms with Crippen molar-refractivity contribution >= 4 is 11.4 Å². The van der Waals surface area contributed by atoms with E-state index in [2.05, 4.69) is 0 Å². The number of nitrogens with two attached hydrogens (primary N) is 2. The summed E-state index contributed by atoms with van der Waals surface area (Å²) in [4.78, 5) is 0. The Hall–Kier alpha value is -2.36. The summed E-state index contributed by atoms with van der Waals surface area (Å²) in [6.45, 7) is 3.68. The second kappa shape index (κ2) is 5.10. The van der Waals surface area contributed by atoms with Crippen LogP contribution in [0.25, 0.3) is 0 Å². The minimum absolute atomic E-state index is 0.654. The second-order valence-electron chi connectivity index (χ2n) is 4.75. The van der Waals surface area contributed by atoms with Gasteiger partial charge in [0, 0.05) is 31.3 Å². The Morgan fingerprint density at radius 1 is 0.789 bits per heavy atom. The predicted octanol–water partition coefficient (Wildman–Crippen LogP) is 3.04. The molecule has 0 heterocycles. The van der Waals surface area contributed by atoms with Gasteiger partial charge in [-0.2, -0.15) is 0 Å². The minimum atomic E-state index is -0.802. The number of anilines is 2. The van der Waals surface area contributed by atoms with Gasteiger partial charge in [0.15, 0.2) is 0 Å². The van der Waals surface area contributed by atoms with Crippen LogP contribution in [0.3, 0.4) is 0 Å². The highest BCUT2D eigenvalue weighted by atomic mass is 16.7. The van der Waals surface area contributed by atoms with Crippen LogP contribution >= 0.6 is 0 Å². The molecule has 100 valence electrons. The van der Waals surface area contributed by atoms with Gasteiger partial charge in [-0.05, 0) is 36.4 Å². The van der Waals surface area contributed by atoms with E-state index in [0.29, 0.717) is 22.9 Å². The first-order chi connectivity index (χ1) is 8.94. The molecule has 0 aliphatic rings. The Bertz CT molecular complexity index is 550. The third kappa shape index (κ3) is 3.81. The third-order valence-electron chi connectivity index (χ3n) is 2.47. The van der Waals surface area contributed by atoms with Crippen LogP contribution in [0.15, 0.2) is 48.5 Å². The normalized spacial score (nSPS) is 11.1. The van der Waals surface area contributed by atoms with Gasteiger partial charge in [-0.15, -0.1) is 0 Å². The van der Waals surface area contributed by atoms with Crippen molar-refractivity contribution in [2.75, 3.05) is 11.5 Å². The predicted molar refractivity (Wildman–Crippen MR) is 77.0 cm³/mol.